The normalized spacial score (nSPS) is 12.9. The Morgan fingerprint density at radius 1 is 0.574 bits per heavy atom. The van der Waals surface area contributed by atoms with Gasteiger partial charge >= 0.3 is 0 Å². The highest BCUT2D eigenvalue weighted by molar-refractivity contribution is 7.74. The van der Waals surface area contributed by atoms with Gasteiger partial charge in [0.1, 0.15) is 0 Å². The highest BCUT2D eigenvalue weighted by Crippen LogP contribution is 2.55. The molecule has 0 radical (unpaired) electrons. The number of benzene rings is 6. The van der Waals surface area contributed by atoms with Gasteiger partial charge in [0.25, 0.3) is 0 Å². The molecule has 0 saturated carbocycles. The van der Waals surface area contributed by atoms with Gasteiger partial charge in [0.2, 0.25) is 0 Å². The minimum Gasteiger partial charge on any atom is -0.310 e. The SMILES string of the molecule is CC(C)(c1cccc(N2c3ccccc3CCc3ccc(-c4cccc5cccnc45)cc32)c1)P(c1ccccc1)c1ccccc1. The molecule has 8 rings (SSSR count). The van der Waals surface area contributed by atoms with E-state index in [1.165, 1.54) is 49.9 Å². The van der Waals surface area contributed by atoms with Gasteiger partial charge in [-0.3, -0.25) is 4.98 Å². The monoisotopic (exact) mass is 624 g/mol. The molecule has 7 aromatic rings. The van der Waals surface area contributed by atoms with E-state index in [-0.39, 0.29) is 5.16 Å². The number of anilines is 3. The van der Waals surface area contributed by atoms with Crippen molar-refractivity contribution in [1.29, 1.82) is 0 Å². The van der Waals surface area contributed by atoms with Crippen molar-refractivity contribution in [1.82, 2.24) is 4.98 Å². The summed E-state index contributed by atoms with van der Waals surface area (Å²) in [4.78, 5) is 7.30. The molecule has 228 valence electrons. The average Bonchev–Trinajstić information content (AvgIpc) is 3.29. The fourth-order valence-electron chi connectivity index (χ4n) is 7.21. The van der Waals surface area contributed by atoms with Crippen LogP contribution in [0, 0.1) is 0 Å². The molecular formula is C44H37N2P. The van der Waals surface area contributed by atoms with Crippen LogP contribution in [-0.2, 0) is 18.0 Å². The Balaban J connectivity index is 1.30. The van der Waals surface area contributed by atoms with Crippen LogP contribution < -0.4 is 15.5 Å². The summed E-state index contributed by atoms with van der Waals surface area (Å²) in [6.07, 6.45) is 3.90. The van der Waals surface area contributed by atoms with E-state index in [1.54, 1.807) is 0 Å². The molecule has 1 aromatic heterocycles. The largest absolute Gasteiger partial charge is 0.310 e. The third-order valence-corrected chi connectivity index (χ3v) is 12.6. The minimum absolute atomic E-state index is 0.126. The maximum atomic E-state index is 4.79. The number of fused-ring (bicyclic) bond motifs is 3. The highest BCUT2D eigenvalue weighted by atomic mass is 31.1. The number of rotatable bonds is 6. The van der Waals surface area contributed by atoms with Crippen LogP contribution in [0.3, 0.4) is 0 Å². The maximum absolute atomic E-state index is 4.79. The molecule has 1 aliphatic rings. The number of para-hydroxylation sites is 2. The zero-order valence-corrected chi connectivity index (χ0v) is 27.7. The number of hydrogen-bond acceptors (Lipinski definition) is 2. The zero-order chi connectivity index (χ0) is 31.8. The predicted octanol–water partition coefficient (Wildman–Crippen LogP) is 10.8. The molecule has 0 atom stereocenters. The Kier molecular flexibility index (Phi) is 7.68. The van der Waals surface area contributed by atoms with Crippen molar-refractivity contribution in [2.75, 3.05) is 4.90 Å². The van der Waals surface area contributed by atoms with Crippen LogP contribution in [0.5, 0.6) is 0 Å². The van der Waals surface area contributed by atoms with E-state index >= 15 is 0 Å². The summed E-state index contributed by atoms with van der Waals surface area (Å²) in [5.74, 6) is 0. The Morgan fingerprint density at radius 2 is 1.23 bits per heavy atom. The summed E-state index contributed by atoms with van der Waals surface area (Å²) in [5, 5.41) is 3.81. The number of aryl methyl sites for hydroxylation is 2. The van der Waals surface area contributed by atoms with Gasteiger partial charge in [-0.15, -0.1) is 0 Å². The van der Waals surface area contributed by atoms with Crippen LogP contribution in [0.25, 0.3) is 22.0 Å². The number of hydrogen-bond donors (Lipinski definition) is 0. The summed E-state index contributed by atoms with van der Waals surface area (Å²) in [6, 6.07) is 58.0. The van der Waals surface area contributed by atoms with Crippen molar-refractivity contribution in [2.24, 2.45) is 0 Å². The lowest BCUT2D eigenvalue weighted by atomic mass is 9.97. The van der Waals surface area contributed by atoms with Gasteiger partial charge in [0.15, 0.2) is 0 Å². The molecule has 1 aliphatic heterocycles. The summed E-state index contributed by atoms with van der Waals surface area (Å²) < 4.78 is 0. The molecule has 0 spiro atoms. The van der Waals surface area contributed by atoms with E-state index < -0.39 is 7.92 Å². The molecule has 3 heteroatoms. The number of pyridine rings is 1. The molecule has 0 bridgehead atoms. The van der Waals surface area contributed by atoms with Crippen LogP contribution >= 0.6 is 7.92 Å². The number of nitrogens with zero attached hydrogens (tertiary/aromatic N) is 2. The quantitative estimate of drug-likeness (QED) is 0.171. The van der Waals surface area contributed by atoms with E-state index in [4.69, 9.17) is 4.98 Å². The molecule has 2 nitrogen and oxygen atoms in total. The van der Waals surface area contributed by atoms with E-state index in [1.807, 2.05) is 12.3 Å². The van der Waals surface area contributed by atoms with Crippen molar-refractivity contribution in [3.05, 3.63) is 181 Å². The first-order chi connectivity index (χ1) is 23.1. The lowest BCUT2D eigenvalue weighted by molar-refractivity contribution is 0.772. The smallest absolute Gasteiger partial charge is 0.0780 e. The molecular weight excluding hydrogens is 587 g/mol. The van der Waals surface area contributed by atoms with Crippen molar-refractivity contribution < 1.29 is 0 Å². The van der Waals surface area contributed by atoms with Crippen LogP contribution in [0.4, 0.5) is 17.1 Å². The highest BCUT2D eigenvalue weighted by Gasteiger charge is 2.34. The Hall–Kier alpha value is -5.04. The number of aromatic nitrogens is 1. The van der Waals surface area contributed by atoms with Gasteiger partial charge in [0.05, 0.1) is 5.52 Å². The topological polar surface area (TPSA) is 16.1 Å². The van der Waals surface area contributed by atoms with Gasteiger partial charge in [-0.1, -0.05) is 141 Å². The van der Waals surface area contributed by atoms with E-state index in [0.717, 1.165) is 29.3 Å². The zero-order valence-electron chi connectivity index (χ0n) is 26.8. The third-order valence-electron chi connectivity index (χ3n) is 9.56. The third kappa shape index (κ3) is 5.43. The summed E-state index contributed by atoms with van der Waals surface area (Å²) in [7, 11) is -0.689. The minimum atomic E-state index is -0.689. The first-order valence-electron chi connectivity index (χ1n) is 16.4. The summed E-state index contributed by atoms with van der Waals surface area (Å²) in [5.41, 5.74) is 11.1. The van der Waals surface area contributed by atoms with Crippen LogP contribution in [0.1, 0.15) is 30.5 Å². The molecule has 0 saturated heterocycles. The van der Waals surface area contributed by atoms with Crippen LogP contribution in [0.2, 0.25) is 0 Å². The Bertz CT molecular complexity index is 2140. The first kappa shape index (κ1) is 29.4. The van der Waals surface area contributed by atoms with Crippen LogP contribution in [-0.4, -0.2) is 4.98 Å². The predicted molar refractivity (Wildman–Crippen MR) is 201 cm³/mol. The molecule has 47 heavy (non-hydrogen) atoms. The lowest BCUT2D eigenvalue weighted by Crippen LogP contribution is -2.27. The van der Waals surface area contributed by atoms with Gasteiger partial charge in [-0.05, 0) is 84.0 Å². The van der Waals surface area contributed by atoms with E-state index in [9.17, 15) is 0 Å². The maximum Gasteiger partial charge on any atom is 0.0780 e. The Labute approximate surface area is 279 Å². The van der Waals surface area contributed by atoms with Crippen LogP contribution in [0.15, 0.2) is 164 Å². The second-order valence-corrected chi connectivity index (χ2v) is 15.6. The summed E-state index contributed by atoms with van der Waals surface area (Å²) in [6.45, 7) is 4.85. The Morgan fingerprint density at radius 3 is 2.00 bits per heavy atom. The molecule has 0 fully saturated rings. The fourth-order valence-corrected chi connectivity index (χ4v) is 10.1. The average molecular weight is 625 g/mol. The van der Waals surface area contributed by atoms with E-state index in [2.05, 4.69) is 170 Å². The molecule has 0 aliphatic carbocycles. The summed E-state index contributed by atoms with van der Waals surface area (Å²) >= 11 is 0. The van der Waals surface area contributed by atoms with Crippen molar-refractivity contribution in [3.8, 4) is 11.1 Å². The molecule has 2 heterocycles. The lowest BCUT2D eigenvalue weighted by Gasteiger charge is -2.37. The molecule has 6 aromatic carbocycles. The molecule has 0 amide bonds. The fraction of sp³-hybridized carbons (Fsp3) is 0.114. The van der Waals surface area contributed by atoms with Gasteiger partial charge < -0.3 is 4.90 Å². The standard InChI is InChI=1S/C44H37N2P/c1-44(2,47(38-19-5-3-6-20-38)39-21-7-4-8-22-39)36-17-12-18-37(31-36)46-41-24-10-9-14-32(41)25-26-33-27-28-35(30-42(33)46)40-23-11-15-34-16-13-29-45-43(34)40/h3-24,27-31H,25-26H2,1-2H3. The van der Waals surface area contributed by atoms with Crippen molar-refractivity contribution in [3.63, 3.8) is 0 Å². The molecule has 0 N–H and O–H groups in total. The van der Waals surface area contributed by atoms with Gasteiger partial charge in [0, 0.05) is 39.4 Å². The van der Waals surface area contributed by atoms with E-state index in [0.29, 0.717) is 0 Å². The van der Waals surface area contributed by atoms with Crippen molar-refractivity contribution in [2.45, 2.75) is 31.8 Å². The first-order valence-corrected chi connectivity index (χ1v) is 17.8. The second-order valence-electron chi connectivity index (χ2n) is 12.8. The molecule has 0 unspecified atom stereocenters. The second kappa shape index (κ2) is 12.3. The van der Waals surface area contributed by atoms with Crippen molar-refractivity contribution >= 4 is 46.5 Å². The van der Waals surface area contributed by atoms with Gasteiger partial charge in [-0.2, -0.15) is 0 Å². The van der Waals surface area contributed by atoms with Gasteiger partial charge in [-0.25, -0.2) is 0 Å².